The predicted octanol–water partition coefficient (Wildman–Crippen LogP) is 4.51. The molecule has 24 heavy (non-hydrogen) atoms. The number of anilines is 1. The third-order valence-electron chi connectivity index (χ3n) is 3.62. The second-order valence-electron chi connectivity index (χ2n) is 5.60. The van der Waals surface area contributed by atoms with E-state index in [1.54, 1.807) is 12.1 Å². The van der Waals surface area contributed by atoms with Crippen LogP contribution in [0.25, 0.3) is 0 Å². The van der Waals surface area contributed by atoms with Crippen LogP contribution < -0.4 is 10.6 Å². The van der Waals surface area contributed by atoms with Gasteiger partial charge in [0.2, 0.25) is 5.91 Å². The van der Waals surface area contributed by atoms with Gasteiger partial charge in [-0.05, 0) is 42.3 Å². The molecule has 0 radical (unpaired) electrons. The molecule has 2 aromatic carbocycles. The summed E-state index contributed by atoms with van der Waals surface area (Å²) in [6.45, 7) is 3.91. The number of benzene rings is 2. The van der Waals surface area contributed by atoms with Gasteiger partial charge in [0.15, 0.2) is 0 Å². The van der Waals surface area contributed by atoms with Gasteiger partial charge >= 0.3 is 6.18 Å². The fraction of sp³-hybridized carbons (Fsp3) is 0.278. The van der Waals surface area contributed by atoms with E-state index in [4.69, 9.17) is 0 Å². The molecule has 1 amide bonds. The van der Waals surface area contributed by atoms with Gasteiger partial charge in [0.1, 0.15) is 0 Å². The molecule has 0 unspecified atom stereocenters. The first-order valence-electron chi connectivity index (χ1n) is 7.53. The molecule has 0 bridgehead atoms. The summed E-state index contributed by atoms with van der Waals surface area (Å²) in [4.78, 5) is 11.0. The molecule has 0 saturated heterocycles. The van der Waals surface area contributed by atoms with E-state index in [1.165, 1.54) is 19.1 Å². The minimum Gasteiger partial charge on any atom is -0.326 e. The smallest absolute Gasteiger partial charge is 0.326 e. The van der Waals surface area contributed by atoms with E-state index >= 15 is 0 Å². The van der Waals surface area contributed by atoms with Crippen molar-refractivity contribution >= 4 is 11.6 Å². The van der Waals surface area contributed by atoms with Crippen molar-refractivity contribution in [3.8, 4) is 0 Å². The number of hydrogen-bond acceptors (Lipinski definition) is 2. The molecule has 1 atom stereocenters. The van der Waals surface area contributed by atoms with Crippen LogP contribution in [0.4, 0.5) is 18.9 Å². The molecule has 128 valence electrons. The van der Waals surface area contributed by atoms with Crippen molar-refractivity contribution in [2.45, 2.75) is 32.6 Å². The Morgan fingerprint density at radius 2 is 1.62 bits per heavy atom. The Morgan fingerprint density at radius 1 is 1.04 bits per heavy atom. The van der Waals surface area contributed by atoms with Gasteiger partial charge in [-0.1, -0.05) is 24.3 Å². The molecule has 0 spiro atoms. The van der Waals surface area contributed by atoms with E-state index in [-0.39, 0.29) is 11.9 Å². The second kappa shape index (κ2) is 7.49. The minimum atomic E-state index is -4.31. The third kappa shape index (κ3) is 5.09. The second-order valence-corrected chi connectivity index (χ2v) is 5.60. The van der Waals surface area contributed by atoms with Crippen molar-refractivity contribution in [1.29, 1.82) is 0 Å². The van der Waals surface area contributed by atoms with Crippen LogP contribution >= 0.6 is 0 Å². The highest BCUT2D eigenvalue weighted by Gasteiger charge is 2.30. The molecule has 0 aliphatic heterocycles. The largest absolute Gasteiger partial charge is 0.416 e. The van der Waals surface area contributed by atoms with Crippen LogP contribution in [0.15, 0.2) is 48.5 Å². The standard InChI is InChI=1S/C18H19F3N2O/c1-12(15-5-7-16(8-6-15)18(19,20)21)22-11-14-3-9-17(10-4-14)23-13(2)24/h3-10,12,22H,11H2,1-2H3,(H,23,24)/t12-/m1/s1. The number of halogens is 3. The zero-order chi connectivity index (χ0) is 17.7. The number of carbonyl (C=O) groups excluding carboxylic acids is 1. The summed E-state index contributed by atoms with van der Waals surface area (Å²) in [7, 11) is 0. The monoisotopic (exact) mass is 336 g/mol. The number of amides is 1. The first-order valence-corrected chi connectivity index (χ1v) is 7.53. The van der Waals surface area contributed by atoms with Gasteiger partial charge in [-0.25, -0.2) is 0 Å². The Bertz CT molecular complexity index is 679. The zero-order valence-corrected chi connectivity index (χ0v) is 13.4. The van der Waals surface area contributed by atoms with Gasteiger partial charge in [0, 0.05) is 25.2 Å². The average Bonchev–Trinajstić information content (AvgIpc) is 2.52. The zero-order valence-electron chi connectivity index (χ0n) is 13.4. The maximum absolute atomic E-state index is 12.6. The molecule has 0 aliphatic rings. The summed E-state index contributed by atoms with van der Waals surface area (Å²) in [5, 5.41) is 5.95. The van der Waals surface area contributed by atoms with Gasteiger partial charge in [-0.3, -0.25) is 4.79 Å². The molecule has 0 heterocycles. The number of alkyl halides is 3. The summed E-state index contributed by atoms with van der Waals surface area (Å²) in [6.07, 6.45) is -4.31. The first-order chi connectivity index (χ1) is 11.3. The van der Waals surface area contributed by atoms with E-state index < -0.39 is 11.7 Å². The number of nitrogens with one attached hydrogen (secondary N) is 2. The lowest BCUT2D eigenvalue weighted by molar-refractivity contribution is -0.137. The van der Waals surface area contributed by atoms with Gasteiger partial charge in [-0.2, -0.15) is 13.2 Å². The quantitative estimate of drug-likeness (QED) is 0.843. The van der Waals surface area contributed by atoms with E-state index in [0.29, 0.717) is 6.54 Å². The van der Waals surface area contributed by atoms with Crippen LogP contribution in [0.2, 0.25) is 0 Å². The molecule has 0 aromatic heterocycles. The lowest BCUT2D eigenvalue weighted by Crippen LogP contribution is -2.18. The highest BCUT2D eigenvalue weighted by atomic mass is 19.4. The van der Waals surface area contributed by atoms with Crippen LogP contribution in [0, 0.1) is 0 Å². The number of hydrogen-bond donors (Lipinski definition) is 2. The predicted molar refractivity (Wildman–Crippen MR) is 87.4 cm³/mol. The Hall–Kier alpha value is -2.34. The number of carbonyl (C=O) groups is 1. The Labute approximate surface area is 138 Å². The molecular weight excluding hydrogens is 317 g/mol. The highest BCUT2D eigenvalue weighted by molar-refractivity contribution is 5.88. The van der Waals surface area contributed by atoms with E-state index in [1.807, 2.05) is 19.1 Å². The molecule has 3 nitrogen and oxygen atoms in total. The fourth-order valence-electron chi connectivity index (χ4n) is 2.26. The van der Waals surface area contributed by atoms with Crippen molar-refractivity contribution in [2.24, 2.45) is 0 Å². The molecule has 2 rings (SSSR count). The Balaban J connectivity index is 1.92. The van der Waals surface area contributed by atoms with Gasteiger partial charge in [0.05, 0.1) is 5.56 Å². The molecule has 2 aromatic rings. The van der Waals surface area contributed by atoms with Crippen molar-refractivity contribution < 1.29 is 18.0 Å². The summed E-state index contributed by atoms with van der Waals surface area (Å²) in [6, 6.07) is 12.5. The summed E-state index contributed by atoms with van der Waals surface area (Å²) < 4.78 is 37.7. The van der Waals surface area contributed by atoms with Crippen molar-refractivity contribution in [2.75, 3.05) is 5.32 Å². The molecule has 2 N–H and O–H groups in total. The minimum absolute atomic E-state index is 0.0812. The maximum Gasteiger partial charge on any atom is 0.416 e. The van der Waals surface area contributed by atoms with Crippen LogP contribution in [0.5, 0.6) is 0 Å². The van der Waals surface area contributed by atoms with Crippen molar-refractivity contribution in [3.63, 3.8) is 0 Å². The topological polar surface area (TPSA) is 41.1 Å². The van der Waals surface area contributed by atoms with E-state index in [9.17, 15) is 18.0 Å². The summed E-state index contributed by atoms with van der Waals surface area (Å²) in [5.41, 5.74) is 1.88. The van der Waals surface area contributed by atoms with Gasteiger partial charge < -0.3 is 10.6 Å². The van der Waals surface area contributed by atoms with Crippen LogP contribution in [-0.2, 0) is 17.5 Å². The average molecular weight is 336 g/mol. The molecule has 0 fully saturated rings. The normalized spacial score (nSPS) is 12.7. The lowest BCUT2D eigenvalue weighted by Gasteiger charge is -2.15. The van der Waals surface area contributed by atoms with Gasteiger partial charge in [0.25, 0.3) is 0 Å². The highest BCUT2D eigenvalue weighted by Crippen LogP contribution is 2.29. The SMILES string of the molecule is CC(=O)Nc1ccc(CN[C@H](C)c2ccc(C(F)(F)F)cc2)cc1. The molecule has 0 saturated carbocycles. The summed E-state index contributed by atoms with van der Waals surface area (Å²) in [5.74, 6) is -0.128. The number of rotatable bonds is 5. The van der Waals surface area contributed by atoms with Crippen molar-refractivity contribution in [3.05, 3.63) is 65.2 Å². The van der Waals surface area contributed by atoms with Crippen LogP contribution in [0.1, 0.15) is 36.6 Å². The van der Waals surface area contributed by atoms with Crippen LogP contribution in [0.3, 0.4) is 0 Å². The molecular formula is C18H19F3N2O. The lowest BCUT2D eigenvalue weighted by atomic mass is 10.1. The first kappa shape index (κ1) is 18.0. The Morgan fingerprint density at radius 3 is 2.12 bits per heavy atom. The van der Waals surface area contributed by atoms with Crippen molar-refractivity contribution in [1.82, 2.24) is 5.32 Å². The Kier molecular flexibility index (Phi) is 5.62. The fourth-order valence-corrected chi connectivity index (χ4v) is 2.26. The summed E-state index contributed by atoms with van der Waals surface area (Å²) >= 11 is 0. The molecule has 6 heteroatoms. The third-order valence-corrected chi connectivity index (χ3v) is 3.62. The maximum atomic E-state index is 12.6. The van der Waals surface area contributed by atoms with Gasteiger partial charge in [-0.15, -0.1) is 0 Å². The van der Waals surface area contributed by atoms with E-state index in [0.717, 1.165) is 28.9 Å². The van der Waals surface area contributed by atoms with Crippen LogP contribution in [-0.4, -0.2) is 5.91 Å². The molecule has 0 aliphatic carbocycles. The van der Waals surface area contributed by atoms with E-state index in [2.05, 4.69) is 10.6 Å².